The van der Waals surface area contributed by atoms with Crippen LogP contribution in [0.15, 0.2) is 60.9 Å². The molecule has 7 nitrogen and oxygen atoms in total. The third-order valence-corrected chi connectivity index (χ3v) is 6.79. The molecule has 1 fully saturated rings. The second-order valence-corrected chi connectivity index (χ2v) is 9.26. The van der Waals surface area contributed by atoms with Gasteiger partial charge in [-0.2, -0.15) is 5.10 Å². The number of fused-ring (bicyclic) bond motifs is 1. The number of aromatic nitrogens is 3. The van der Waals surface area contributed by atoms with E-state index in [0.717, 1.165) is 59.8 Å². The van der Waals surface area contributed by atoms with E-state index in [-0.39, 0.29) is 11.8 Å². The lowest BCUT2D eigenvalue weighted by molar-refractivity contribution is -0.125. The lowest BCUT2D eigenvalue weighted by Gasteiger charge is -2.32. The van der Waals surface area contributed by atoms with E-state index in [0.29, 0.717) is 6.54 Å². The first-order valence-corrected chi connectivity index (χ1v) is 12.1. The second-order valence-electron chi connectivity index (χ2n) is 9.26. The molecule has 4 aromatic rings. The summed E-state index contributed by atoms with van der Waals surface area (Å²) in [5.41, 5.74) is 6.56. The summed E-state index contributed by atoms with van der Waals surface area (Å²) in [5.74, 6) is 1.84. The summed E-state index contributed by atoms with van der Waals surface area (Å²) in [6.07, 6.45) is 5.29. The number of nitrogens with zero attached hydrogens (tertiary/aromatic N) is 4. The summed E-state index contributed by atoms with van der Waals surface area (Å²) in [4.78, 5) is 19.8. The number of hydrogen-bond donors (Lipinski definition) is 1. The van der Waals surface area contributed by atoms with Crippen molar-refractivity contribution < 1.29 is 9.53 Å². The molecule has 2 aromatic heterocycles. The molecule has 1 saturated heterocycles. The molecule has 1 amide bonds. The van der Waals surface area contributed by atoms with Gasteiger partial charge in [-0.1, -0.05) is 35.9 Å². The molecule has 0 unspecified atom stereocenters. The van der Waals surface area contributed by atoms with E-state index in [9.17, 15) is 4.79 Å². The fourth-order valence-electron chi connectivity index (χ4n) is 4.85. The molecule has 0 bridgehead atoms. The largest absolute Gasteiger partial charge is 0.497 e. The van der Waals surface area contributed by atoms with E-state index in [1.165, 1.54) is 11.1 Å². The van der Waals surface area contributed by atoms with Crippen molar-refractivity contribution >= 4 is 17.2 Å². The molecule has 35 heavy (non-hydrogen) atoms. The zero-order chi connectivity index (χ0) is 24.4. The average Bonchev–Trinajstić information content (AvgIpc) is 3.31. The van der Waals surface area contributed by atoms with E-state index in [2.05, 4.69) is 53.3 Å². The Morgan fingerprint density at radius 1 is 1.11 bits per heavy atom. The Hall–Kier alpha value is -3.87. The van der Waals surface area contributed by atoms with Gasteiger partial charge in [-0.25, -0.2) is 9.50 Å². The number of benzene rings is 2. The molecule has 0 aliphatic carbocycles. The summed E-state index contributed by atoms with van der Waals surface area (Å²) in [6.45, 7) is 6.30. The fourth-order valence-corrected chi connectivity index (χ4v) is 4.85. The predicted octanol–water partition coefficient (Wildman–Crippen LogP) is 4.55. The Kier molecular flexibility index (Phi) is 6.40. The Bertz CT molecular complexity index is 1350. The van der Waals surface area contributed by atoms with Crippen molar-refractivity contribution in [2.24, 2.45) is 5.92 Å². The molecule has 0 atom stereocenters. The minimum atomic E-state index is 0.00673. The normalized spacial score (nSPS) is 14.3. The number of piperidine rings is 1. The summed E-state index contributed by atoms with van der Waals surface area (Å²) >= 11 is 0. The van der Waals surface area contributed by atoms with E-state index in [1.54, 1.807) is 13.3 Å². The van der Waals surface area contributed by atoms with Gasteiger partial charge < -0.3 is 15.0 Å². The molecule has 1 N–H and O–H groups in total. The van der Waals surface area contributed by atoms with Crippen LogP contribution in [-0.4, -0.2) is 40.7 Å². The maximum absolute atomic E-state index is 12.8. The third kappa shape index (κ3) is 4.85. The highest BCUT2D eigenvalue weighted by Gasteiger charge is 2.27. The number of nitrogens with one attached hydrogen (secondary N) is 1. The summed E-state index contributed by atoms with van der Waals surface area (Å²) < 4.78 is 7.18. The van der Waals surface area contributed by atoms with Crippen molar-refractivity contribution in [2.45, 2.75) is 33.2 Å². The minimum absolute atomic E-state index is 0.00673. The van der Waals surface area contributed by atoms with Crippen LogP contribution in [0.2, 0.25) is 0 Å². The van der Waals surface area contributed by atoms with E-state index in [4.69, 9.17) is 9.84 Å². The van der Waals surface area contributed by atoms with Crippen molar-refractivity contribution in [3.8, 4) is 17.0 Å². The quantitative estimate of drug-likeness (QED) is 0.448. The monoisotopic (exact) mass is 469 g/mol. The molecule has 1 aliphatic rings. The van der Waals surface area contributed by atoms with Gasteiger partial charge in [0, 0.05) is 43.5 Å². The molecule has 0 radical (unpaired) electrons. The standard InChI is InChI=1S/C28H31N5O2/c1-19-7-8-24(20(2)15-19)25-17-26-27(29-11-14-33(26)31-25)32-12-9-22(10-13-32)28(34)30-18-21-5-4-6-23(16-21)35-3/h4-8,11,14-17,22H,9-10,12-13,18H2,1-3H3,(H,30,34). The average molecular weight is 470 g/mol. The van der Waals surface area contributed by atoms with E-state index in [1.807, 2.05) is 35.0 Å². The van der Waals surface area contributed by atoms with Crippen LogP contribution in [0.1, 0.15) is 29.5 Å². The fraction of sp³-hybridized carbons (Fsp3) is 0.321. The molecule has 7 heteroatoms. The predicted molar refractivity (Wildman–Crippen MR) is 138 cm³/mol. The van der Waals surface area contributed by atoms with Gasteiger partial charge >= 0.3 is 0 Å². The first-order chi connectivity index (χ1) is 17.0. The van der Waals surface area contributed by atoms with Gasteiger partial charge in [-0.3, -0.25) is 4.79 Å². The van der Waals surface area contributed by atoms with Gasteiger partial charge in [0.15, 0.2) is 5.82 Å². The Labute approximate surface area is 205 Å². The van der Waals surface area contributed by atoms with Crippen LogP contribution in [0.3, 0.4) is 0 Å². The van der Waals surface area contributed by atoms with Crippen molar-refractivity contribution in [1.82, 2.24) is 19.9 Å². The zero-order valence-corrected chi connectivity index (χ0v) is 20.5. The van der Waals surface area contributed by atoms with Crippen LogP contribution >= 0.6 is 0 Å². The maximum atomic E-state index is 12.8. The van der Waals surface area contributed by atoms with Crippen LogP contribution in [0.25, 0.3) is 16.8 Å². The summed E-state index contributed by atoms with van der Waals surface area (Å²) in [5, 5.41) is 7.91. The Morgan fingerprint density at radius 2 is 1.94 bits per heavy atom. The summed E-state index contributed by atoms with van der Waals surface area (Å²) in [7, 11) is 1.65. The molecule has 180 valence electrons. The maximum Gasteiger partial charge on any atom is 0.223 e. The van der Waals surface area contributed by atoms with Gasteiger partial charge in [0.1, 0.15) is 11.3 Å². The molecule has 0 spiro atoms. The molecule has 1 aliphatic heterocycles. The van der Waals surface area contributed by atoms with Crippen molar-refractivity contribution in [1.29, 1.82) is 0 Å². The Morgan fingerprint density at radius 3 is 2.71 bits per heavy atom. The highest BCUT2D eigenvalue weighted by molar-refractivity contribution is 5.80. The number of carbonyl (C=O) groups is 1. The smallest absolute Gasteiger partial charge is 0.223 e. The first kappa shape index (κ1) is 22.9. The van der Waals surface area contributed by atoms with Crippen LogP contribution in [0.4, 0.5) is 5.82 Å². The van der Waals surface area contributed by atoms with Crippen molar-refractivity contribution in [2.75, 3.05) is 25.1 Å². The van der Waals surface area contributed by atoms with Gasteiger partial charge in [0.25, 0.3) is 0 Å². The van der Waals surface area contributed by atoms with Gasteiger partial charge in [-0.15, -0.1) is 0 Å². The lowest BCUT2D eigenvalue weighted by atomic mass is 9.95. The van der Waals surface area contributed by atoms with Gasteiger partial charge in [0.2, 0.25) is 5.91 Å². The number of methoxy groups -OCH3 is 1. The highest BCUT2D eigenvalue weighted by atomic mass is 16.5. The van der Waals surface area contributed by atoms with Crippen LogP contribution in [-0.2, 0) is 11.3 Å². The molecular formula is C28H31N5O2. The number of ether oxygens (including phenoxy) is 1. The molecule has 2 aromatic carbocycles. The van der Waals surface area contributed by atoms with E-state index >= 15 is 0 Å². The number of rotatable bonds is 6. The minimum Gasteiger partial charge on any atom is -0.497 e. The number of anilines is 1. The van der Waals surface area contributed by atoms with Crippen LogP contribution < -0.4 is 15.0 Å². The molecular weight excluding hydrogens is 438 g/mol. The topological polar surface area (TPSA) is 71.8 Å². The van der Waals surface area contributed by atoms with Crippen molar-refractivity contribution in [3.05, 3.63) is 77.6 Å². The van der Waals surface area contributed by atoms with Gasteiger partial charge in [-0.05, 0) is 56.0 Å². The summed E-state index contributed by atoms with van der Waals surface area (Å²) in [6, 6.07) is 16.3. The number of amides is 1. The SMILES string of the molecule is COc1cccc(CNC(=O)C2CCN(c3nccn4nc(-c5ccc(C)cc5C)cc34)CC2)c1. The van der Waals surface area contributed by atoms with E-state index < -0.39 is 0 Å². The molecule has 5 rings (SSSR count). The number of hydrogen-bond acceptors (Lipinski definition) is 5. The number of carbonyl (C=O) groups excluding carboxylic acids is 1. The highest BCUT2D eigenvalue weighted by Crippen LogP contribution is 2.30. The molecule has 0 saturated carbocycles. The second kappa shape index (κ2) is 9.78. The first-order valence-electron chi connectivity index (χ1n) is 12.1. The van der Waals surface area contributed by atoms with Crippen LogP contribution in [0.5, 0.6) is 5.75 Å². The Balaban J connectivity index is 1.25. The number of aryl methyl sites for hydroxylation is 2. The lowest BCUT2D eigenvalue weighted by Crippen LogP contribution is -2.40. The van der Waals surface area contributed by atoms with Crippen LogP contribution in [0, 0.1) is 19.8 Å². The third-order valence-electron chi connectivity index (χ3n) is 6.79. The zero-order valence-electron chi connectivity index (χ0n) is 20.5. The molecule has 3 heterocycles. The van der Waals surface area contributed by atoms with Crippen molar-refractivity contribution in [3.63, 3.8) is 0 Å². The van der Waals surface area contributed by atoms with Gasteiger partial charge in [0.05, 0.1) is 12.8 Å².